The maximum absolute atomic E-state index is 12.6. The van der Waals surface area contributed by atoms with Gasteiger partial charge in [-0.15, -0.1) is 12.4 Å². The molecule has 0 radical (unpaired) electrons. The second-order valence-corrected chi connectivity index (χ2v) is 8.39. The number of rotatable bonds is 3. The molecule has 9 heteroatoms. The summed E-state index contributed by atoms with van der Waals surface area (Å²) in [5, 5.41) is 3.28. The quantitative estimate of drug-likeness (QED) is 0.633. The first-order valence-corrected chi connectivity index (χ1v) is 9.79. The van der Waals surface area contributed by atoms with E-state index in [2.05, 4.69) is 15.0 Å². The van der Waals surface area contributed by atoms with Crippen LogP contribution in [0.5, 0.6) is 0 Å². The van der Waals surface area contributed by atoms with Crippen molar-refractivity contribution in [2.24, 2.45) is 0 Å². The number of sulfonamides is 1. The van der Waals surface area contributed by atoms with E-state index in [1.807, 2.05) is 12.1 Å². The summed E-state index contributed by atoms with van der Waals surface area (Å²) in [4.78, 5) is 14.0. The fraction of sp³-hybridized carbons (Fsp3) is 0.188. The number of halogens is 1. The third-order valence-electron chi connectivity index (χ3n) is 4.05. The molecule has 3 N–H and O–H groups in total. The Labute approximate surface area is 154 Å². The molecule has 132 valence electrons. The Morgan fingerprint density at radius 1 is 1.08 bits per heavy atom. The highest BCUT2D eigenvalue weighted by Gasteiger charge is 2.17. The molecule has 25 heavy (non-hydrogen) atoms. The fourth-order valence-corrected chi connectivity index (χ4v) is 4.78. The van der Waals surface area contributed by atoms with Gasteiger partial charge in [0.15, 0.2) is 0 Å². The maximum Gasteiger partial charge on any atom is 0.305 e. The molecule has 0 amide bonds. The van der Waals surface area contributed by atoms with E-state index >= 15 is 0 Å². The topological polar surface area (TPSA) is 91.1 Å². The molecule has 0 unspecified atom stereocenters. The van der Waals surface area contributed by atoms with E-state index in [1.165, 1.54) is 17.7 Å². The van der Waals surface area contributed by atoms with Gasteiger partial charge >= 0.3 is 4.87 Å². The Bertz CT molecular complexity index is 1090. The molecule has 1 aromatic heterocycles. The molecular weight excluding hydrogens is 382 g/mol. The average Bonchev–Trinajstić information content (AvgIpc) is 2.93. The van der Waals surface area contributed by atoms with Crippen molar-refractivity contribution in [1.82, 2.24) is 10.3 Å². The molecule has 2 aromatic carbocycles. The zero-order valence-electron chi connectivity index (χ0n) is 13.0. The normalized spacial score (nSPS) is 13.9. The average molecular weight is 398 g/mol. The number of hydrogen-bond acceptors (Lipinski definition) is 5. The van der Waals surface area contributed by atoms with E-state index in [4.69, 9.17) is 0 Å². The third kappa shape index (κ3) is 3.57. The lowest BCUT2D eigenvalue weighted by atomic mass is 10.0. The Morgan fingerprint density at radius 3 is 2.76 bits per heavy atom. The fourth-order valence-electron chi connectivity index (χ4n) is 2.85. The lowest BCUT2D eigenvalue weighted by molar-refractivity contribution is 0.601. The largest absolute Gasteiger partial charge is 0.312 e. The van der Waals surface area contributed by atoms with Crippen LogP contribution in [0.25, 0.3) is 10.2 Å². The number of fused-ring (bicyclic) bond motifs is 2. The van der Waals surface area contributed by atoms with E-state index in [9.17, 15) is 13.2 Å². The number of thiazole rings is 1. The van der Waals surface area contributed by atoms with Crippen molar-refractivity contribution in [3.8, 4) is 0 Å². The Kier molecular flexibility index (Phi) is 4.88. The summed E-state index contributed by atoms with van der Waals surface area (Å²) >= 11 is 0.996. The van der Waals surface area contributed by atoms with Crippen molar-refractivity contribution < 1.29 is 8.42 Å². The van der Waals surface area contributed by atoms with E-state index in [0.717, 1.165) is 36.4 Å². The first-order chi connectivity index (χ1) is 11.5. The molecule has 0 saturated carbocycles. The molecule has 0 saturated heterocycles. The summed E-state index contributed by atoms with van der Waals surface area (Å²) in [5.74, 6) is 0. The second-order valence-electron chi connectivity index (χ2n) is 5.69. The number of aromatic amines is 1. The first kappa shape index (κ1) is 17.9. The number of H-pyrrole nitrogens is 1. The van der Waals surface area contributed by atoms with Crippen LogP contribution in [0, 0.1) is 0 Å². The number of nitrogens with one attached hydrogen (secondary N) is 3. The minimum absolute atomic E-state index is 0. The van der Waals surface area contributed by atoms with Gasteiger partial charge < -0.3 is 10.3 Å². The number of hydrogen-bond donors (Lipinski definition) is 3. The molecule has 2 heterocycles. The Balaban J connectivity index is 0.00000182. The summed E-state index contributed by atoms with van der Waals surface area (Å²) in [6.45, 7) is 1.69. The molecule has 0 bridgehead atoms. The minimum Gasteiger partial charge on any atom is -0.312 e. The van der Waals surface area contributed by atoms with E-state index in [0.29, 0.717) is 15.9 Å². The van der Waals surface area contributed by atoms with Gasteiger partial charge in [0.1, 0.15) is 0 Å². The van der Waals surface area contributed by atoms with Crippen molar-refractivity contribution >= 4 is 49.7 Å². The highest BCUT2D eigenvalue weighted by Crippen LogP contribution is 2.24. The maximum atomic E-state index is 12.6. The smallest absolute Gasteiger partial charge is 0.305 e. The van der Waals surface area contributed by atoms with Crippen LogP contribution in [0.1, 0.15) is 11.1 Å². The van der Waals surface area contributed by atoms with Crippen molar-refractivity contribution in [1.29, 1.82) is 0 Å². The van der Waals surface area contributed by atoms with Gasteiger partial charge in [0.25, 0.3) is 10.0 Å². The zero-order chi connectivity index (χ0) is 16.7. The van der Waals surface area contributed by atoms with Crippen LogP contribution in [-0.4, -0.2) is 19.9 Å². The van der Waals surface area contributed by atoms with Gasteiger partial charge in [0, 0.05) is 12.2 Å². The lowest BCUT2D eigenvalue weighted by Crippen LogP contribution is -2.23. The number of anilines is 1. The van der Waals surface area contributed by atoms with Crippen LogP contribution in [0.2, 0.25) is 0 Å². The van der Waals surface area contributed by atoms with Crippen LogP contribution in [0.3, 0.4) is 0 Å². The van der Waals surface area contributed by atoms with Crippen LogP contribution in [0.4, 0.5) is 5.69 Å². The SMILES string of the molecule is Cl.O=c1[nH]c2ccc(S(=O)(=O)Nc3ccc4c(c3)CNCC4)cc2s1. The molecule has 0 spiro atoms. The molecule has 0 atom stereocenters. The predicted molar refractivity (Wildman–Crippen MR) is 102 cm³/mol. The molecule has 0 fully saturated rings. The van der Waals surface area contributed by atoms with Crippen molar-refractivity contribution in [3.63, 3.8) is 0 Å². The predicted octanol–water partition coefficient (Wildman–Crippen LogP) is 2.46. The summed E-state index contributed by atoms with van der Waals surface area (Å²) in [6, 6.07) is 10.2. The van der Waals surface area contributed by atoms with Gasteiger partial charge in [-0.1, -0.05) is 17.4 Å². The molecule has 1 aliphatic heterocycles. The van der Waals surface area contributed by atoms with Crippen molar-refractivity contribution in [3.05, 3.63) is 57.2 Å². The summed E-state index contributed by atoms with van der Waals surface area (Å²) in [5.41, 5.74) is 3.54. The van der Waals surface area contributed by atoms with E-state index in [-0.39, 0.29) is 22.2 Å². The Morgan fingerprint density at radius 2 is 1.92 bits per heavy atom. The highest BCUT2D eigenvalue weighted by molar-refractivity contribution is 7.92. The molecular formula is C16H16ClN3O3S2. The highest BCUT2D eigenvalue weighted by atomic mass is 35.5. The number of aromatic nitrogens is 1. The first-order valence-electron chi connectivity index (χ1n) is 7.49. The molecule has 6 nitrogen and oxygen atoms in total. The molecule has 0 aliphatic carbocycles. The zero-order valence-corrected chi connectivity index (χ0v) is 15.5. The lowest BCUT2D eigenvalue weighted by Gasteiger charge is -2.18. The molecule has 4 rings (SSSR count). The minimum atomic E-state index is -3.70. The second kappa shape index (κ2) is 6.80. The van der Waals surface area contributed by atoms with Gasteiger partial charge in [-0.25, -0.2) is 8.42 Å². The van der Waals surface area contributed by atoms with Gasteiger partial charge in [0.2, 0.25) is 0 Å². The summed E-state index contributed by atoms with van der Waals surface area (Å²) in [6.07, 6.45) is 0.950. The summed E-state index contributed by atoms with van der Waals surface area (Å²) < 4.78 is 28.5. The van der Waals surface area contributed by atoms with Gasteiger partial charge in [-0.05, 0) is 54.4 Å². The number of benzene rings is 2. The molecule has 1 aliphatic rings. The van der Waals surface area contributed by atoms with Crippen molar-refractivity contribution in [2.75, 3.05) is 11.3 Å². The van der Waals surface area contributed by atoms with Gasteiger partial charge in [0.05, 0.1) is 15.1 Å². The van der Waals surface area contributed by atoms with E-state index in [1.54, 1.807) is 12.1 Å². The third-order valence-corrected chi connectivity index (χ3v) is 6.27. The van der Waals surface area contributed by atoms with Crippen molar-refractivity contribution in [2.45, 2.75) is 17.9 Å². The van der Waals surface area contributed by atoms with Crippen LogP contribution in [-0.2, 0) is 23.0 Å². The van der Waals surface area contributed by atoms with Gasteiger partial charge in [-0.3, -0.25) is 9.52 Å². The Hall–Kier alpha value is -1.87. The van der Waals surface area contributed by atoms with Gasteiger partial charge in [-0.2, -0.15) is 0 Å². The summed E-state index contributed by atoms with van der Waals surface area (Å²) in [7, 11) is -3.70. The van der Waals surface area contributed by atoms with Crippen LogP contribution < -0.4 is 14.9 Å². The van der Waals surface area contributed by atoms with Crippen LogP contribution >= 0.6 is 23.7 Å². The molecule has 3 aromatic rings. The van der Waals surface area contributed by atoms with E-state index < -0.39 is 10.0 Å². The van der Waals surface area contributed by atoms with Crippen LogP contribution in [0.15, 0.2) is 46.1 Å². The standard InChI is InChI=1S/C16H15N3O3S2.ClH/c20-16-18-14-4-3-13(8-15(14)23-16)24(21,22)19-12-2-1-10-5-6-17-9-11(10)7-12;/h1-4,7-8,17,19H,5-6,9H2,(H,18,20);1H. The monoisotopic (exact) mass is 397 g/mol.